The molecule has 8 nitrogen and oxygen atoms in total. The average Bonchev–Trinajstić information content (AvgIpc) is 3.23. The van der Waals surface area contributed by atoms with Gasteiger partial charge in [0.05, 0.1) is 23.8 Å². The first-order valence-electron chi connectivity index (χ1n) is 11.2. The minimum atomic E-state index is -3.78. The van der Waals surface area contributed by atoms with Gasteiger partial charge < -0.3 is 19.2 Å². The van der Waals surface area contributed by atoms with E-state index in [4.69, 9.17) is 13.9 Å². The lowest BCUT2D eigenvalue weighted by Gasteiger charge is -2.26. The molecule has 4 aromatic rings. The van der Waals surface area contributed by atoms with Gasteiger partial charge in [0.15, 0.2) is 11.5 Å². The number of fused-ring (bicyclic) bond motifs is 1. The van der Waals surface area contributed by atoms with Crippen LogP contribution in [0.2, 0.25) is 0 Å². The van der Waals surface area contributed by atoms with Gasteiger partial charge in [-0.05, 0) is 43.3 Å². The Morgan fingerprint density at radius 3 is 2.43 bits per heavy atom. The van der Waals surface area contributed by atoms with Crippen molar-refractivity contribution in [2.24, 2.45) is 0 Å². The van der Waals surface area contributed by atoms with Crippen molar-refractivity contribution in [3.8, 4) is 11.5 Å². The van der Waals surface area contributed by atoms with Crippen molar-refractivity contribution in [2.75, 3.05) is 31.6 Å². The molecule has 2 heterocycles. The van der Waals surface area contributed by atoms with E-state index in [0.717, 1.165) is 5.39 Å². The number of carbonyl (C=O) groups excluding carboxylic acids is 1. The molecular weight excluding hydrogens is 468 g/mol. The summed E-state index contributed by atoms with van der Waals surface area (Å²) in [4.78, 5) is 13.3. The summed E-state index contributed by atoms with van der Waals surface area (Å²) in [6, 6.07) is 20.9. The highest BCUT2D eigenvalue weighted by atomic mass is 32.2. The summed E-state index contributed by atoms with van der Waals surface area (Å²) in [5.41, 5.74) is 1.51. The van der Waals surface area contributed by atoms with Crippen molar-refractivity contribution in [3.63, 3.8) is 0 Å². The van der Waals surface area contributed by atoms with Gasteiger partial charge >= 0.3 is 0 Å². The van der Waals surface area contributed by atoms with E-state index in [2.05, 4.69) is 5.32 Å². The smallest absolute Gasteiger partial charge is 0.291 e. The summed E-state index contributed by atoms with van der Waals surface area (Å²) in [5.74, 6) is 0.502. The molecule has 0 saturated carbocycles. The number of furan rings is 1. The maximum atomic E-state index is 13.2. The molecule has 1 saturated heterocycles. The molecule has 0 bridgehead atoms. The Morgan fingerprint density at radius 1 is 0.971 bits per heavy atom. The average molecular weight is 493 g/mol. The molecule has 3 aromatic carbocycles. The summed E-state index contributed by atoms with van der Waals surface area (Å²) in [6.45, 7) is 3.02. The van der Waals surface area contributed by atoms with Crippen LogP contribution in [0.15, 0.2) is 82.1 Å². The fourth-order valence-corrected chi connectivity index (χ4v) is 5.41. The minimum Gasteiger partial charge on any atom is -0.455 e. The number of carbonyl (C=O) groups is 1. The Balaban J connectivity index is 1.52. The van der Waals surface area contributed by atoms with Gasteiger partial charge in [-0.3, -0.25) is 4.79 Å². The molecule has 1 aliphatic rings. The molecule has 1 amide bonds. The van der Waals surface area contributed by atoms with Crippen LogP contribution in [-0.2, 0) is 14.8 Å². The second kappa shape index (κ2) is 9.53. The first kappa shape index (κ1) is 23.1. The van der Waals surface area contributed by atoms with Gasteiger partial charge in [-0.2, -0.15) is 4.31 Å². The first-order valence-corrected chi connectivity index (χ1v) is 12.6. The van der Waals surface area contributed by atoms with E-state index < -0.39 is 15.9 Å². The largest absolute Gasteiger partial charge is 0.455 e. The SMILES string of the molecule is Cc1c(C(=O)Nc2cc(S(=O)(=O)N3CCOCC3)ccc2Oc2ccccc2)oc2ccccc12. The summed E-state index contributed by atoms with van der Waals surface area (Å²) in [6.07, 6.45) is 0. The fourth-order valence-electron chi connectivity index (χ4n) is 3.98. The van der Waals surface area contributed by atoms with Crippen LogP contribution in [0.25, 0.3) is 11.0 Å². The molecule has 1 fully saturated rings. The number of benzene rings is 3. The number of anilines is 1. The van der Waals surface area contributed by atoms with E-state index in [1.807, 2.05) is 36.4 Å². The van der Waals surface area contributed by atoms with Crippen molar-refractivity contribution >= 4 is 32.6 Å². The number of aryl methyl sites for hydroxylation is 1. The highest BCUT2D eigenvalue weighted by molar-refractivity contribution is 7.89. The van der Waals surface area contributed by atoms with Crippen LogP contribution >= 0.6 is 0 Å². The number of sulfonamides is 1. The Bertz CT molecular complexity index is 1470. The summed E-state index contributed by atoms with van der Waals surface area (Å²) >= 11 is 0. The van der Waals surface area contributed by atoms with Gasteiger partial charge in [-0.15, -0.1) is 0 Å². The van der Waals surface area contributed by atoms with Crippen molar-refractivity contribution in [3.05, 3.63) is 84.1 Å². The number of ether oxygens (including phenoxy) is 2. The molecule has 0 unspecified atom stereocenters. The molecule has 9 heteroatoms. The van der Waals surface area contributed by atoms with E-state index in [-0.39, 0.29) is 29.4 Å². The van der Waals surface area contributed by atoms with E-state index in [9.17, 15) is 13.2 Å². The molecular formula is C26H24N2O6S. The van der Waals surface area contributed by atoms with Gasteiger partial charge in [-0.1, -0.05) is 36.4 Å². The first-order chi connectivity index (χ1) is 16.9. The zero-order valence-electron chi connectivity index (χ0n) is 19.1. The Kier molecular flexibility index (Phi) is 6.29. The molecule has 1 N–H and O–H groups in total. The lowest BCUT2D eigenvalue weighted by Crippen LogP contribution is -2.40. The number of para-hydroxylation sites is 2. The standard InChI is InChI=1S/C26H24N2O6S/c1-18-21-9-5-6-10-23(21)34-25(18)26(29)27-22-17-20(35(30,31)28-13-15-32-16-14-28)11-12-24(22)33-19-7-3-2-4-8-19/h2-12,17H,13-16H2,1H3,(H,27,29). The van der Waals surface area contributed by atoms with E-state index in [1.54, 1.807) is 31.2 Å². The molecule has 1 aromatic heterocycles. The van der Waals surface area contributed by atoms with Crippen LogP contribution in [0.3, 0.4) is 0 Å². The Labute approximate surface area is 203 Å². The van der Waals surface area contributed by atoms with Crippen molar-refractivity contribution < 1.29 is 27.1 Å². The summed E-state index contributed by atoms with van der Waals surface area (Å²) < 4.78 is 44.9. The van der Waals surface area contributed by atoms with Crippen LogP contribution in [0.5, 0.6) is 11.5 Å². The fraction of sp³-hybridized carbons (Fsp3) is 0.192. The zero-order valence-corrected chi connectivity index (χ0v) is 19.9. The third-order valence-corrected chi connectivity index (χ3v) is 7.72. The van der Waals surface area contributed by atoms with Gasteiger partial charge in [0.2, 0.25) is 10.0 Å². The predicted octanol–water partition coefficient (Wildman–Crippen LogP) is 4.81. The van der Waals surface area contributed by atoms with Crippen LogP contribution in [0.4, 0.5) is 5.69 Å². The number of hydrogen-bond donors (Lipinski definition) is 1. The number of morpholine rings is 1. The van der Waals surface area contributed by atoms with Crippen molar-refractivity contribution in [2.45, 2.75) is 11.8 Å². The van der Waals surface area contributed by atoms with E-state index in [0.29, 0.717) is 35.9 Å². The van der Waals surface area contributed by atoms with Crippen LogP contribution in [0.1, 0.15) is 16.1 Å². The predicted molar refractivity (Wildman–Crippen MR) is 131 cm³/mol. The minimum absolute atomic E-state index is 0.0523. The van der Waals surface area contributed by atoms with E-state index in [1.165, 1.54) is 16.4 Å². The van der Waals surface area contributed by atoms with E-state index >= 15 is 0 Å². The maximum Gasteiger partial charge on any atom is 0.291 e. The number of nitrogens with one attached hydrogen (secondary N) is 1. The lowest BCUT2D eigenvalue weighted by atomic mass is 10.1. The van der Waals surface area contributed by atoms with Gasteiger partial charge in [0.1, 0.15) is 11.3 Å². The molecule has 0 radical (unpaired) electrons. The Hall–Kier alpha value is -3.66. The topological polar surface area (TPSA) is 98.1 Å². The second-order valence-corrected chi connectivity index (χ2v) is 10.0. The Morgan fingerprint density at radius 2 is 1.69 bits per heavy atom. The number of nitrogens with zero attached hydrogens (tertiary/aromatic N) is 1. The normalized spacial score (nSPS) is 14.7. The number of hydrogen-bond acceptors (Lipinski definition) is 6. The highest BCUT2D eigenvalue weighted by Gasteiger charge is 2.28. The molecule has 0 aliphatic carbocycles. The monoisotopic (exact) mass is 492 g/mol. The number of rotatable bonds is 6. The summed E-state index contributed by atoms with van der Waals surface area (Å²) in [7, 11) is -3.78. The highest BCUT2D eigenvalue weighted by Crippen LogP contribution is 2.34. The quantitative estimate of drug-likeness (QED) is 0.415. The van der Waals surface area contributed by atoms with Crippen LogP contribution in [-0.4, -0.2) is 44.9 Å². The van der Waals surface area contributed by atoms with Crippen molar-refractivity contribution in [1.29, 1.82) is 0 Å². The van der Waals surface area contributed by atoms with Gasteiger partial charge in [0.25, 0.3) is 5.91 Å². The zero-order chi connectivity index (χ0) is 24.4. The van der Waals surface area contributed by atoms with Crippen LogP contribution < -0.4 is 10.1 Å². The summed E-state index contributed by atoms with van der Waals surface area (Å²) in [5, 5.41) is 3.63. The number of amides is 1. The maximum absolute atomic E-state index is 13.2. The second-order valence-electron chi connectivity index (χ2n) is 8.10. The molecule has 180 valence electrons. The van der Waals surface area contributed by atoms with Gasteiger partial charge in [0, 0.05) is 24.0 Å². The molecule has 0 spiro atoms. The van der Waals surface area contributed by atoms with Crippen LogP contribution in [0, 0.1) is 6.92 Å². The van der Waals surface area contributed by atoms with Crippen molar-refractivity contribution in [1.82, 2.24) is 4.31 Å². The lowest BCUT2D eigenvalue weighted by molar-refractivity contribution is 0.0730. The molecule has 35 heavy (non-hydrogen) atoms. The third-order valence-electron chi connectivity index (χ3n) is 5.83. The molecule has 1 aliphatic heterocycles. The molecule has 0 atom stereocenters. The molecule has 5 rings (SSSR count). The van der Waals surface area contributed by atoms with Gasteiger partial charge in [-0.25, -0.2) is 8.42 Å². The third kappa shape index (κ3) is 4.66.